The lowest BCUT2D eigenvalue weighted by atomic mass is 10.4. The lowest BCUT2D eigenvalue weighted by molar-refractivity contribution is 0.337. The molecular formula is C10H16BrN5. The number of halogens is 1. The number of hydrogen-bond donors (Lipinski definition) is 2. The number of nitrogens with two attached hydrogens (primary N) is 1. The zero-order chi connectivity index (χ0) is 11.5. The molecule has 0 saturated heterocycles. The molecule has 0 aromatic carbocycles. The third-order valence-electron chi connectivity index (χ3n) is 2.74. The zero-order valence-electron chi connectivity index (χ0n) is 9.28. The summed E-state index contributed by atoms with van der Waals surface area (Å²) >= 11 is 3.36. The van der Waals surface area contributed by atoms with E-state index in [4.69, 9.17) is 5.73 Å². The van der Waals surface area contributed by atoms with Gasteiger partial charge in [-0.05, 0) is 35.8 Å². The fourth-order valence-electron chi connectivity index (χ4n) is 1.56. The summed E-state index contributed by atoms with van der Waals surface area (Å²) in [6, 6.07) is 0.792. The molecule has 0 atom stereocenters. The second-order valence-electron chi connectivity index (χ2n) is 4.06. The Morgan fingerprint density at radius 3 is 3.00 bits per heavy atom. The Bertz CT molecular complexity index is 366. The highest BCUT2D eigenvalue weighted by Gasteiger charge is 2.25. The molecule has 0 aliphatic heterocycles. The summed E-state index contributed by atoms with van der Waals surface area (Å²) < 4.78 is 0.740. The maximum Gasteiger partial charge on any atom is 0.145 e. The van der Waals surface area contributed by atoms with Gasteiger partial charge >= 0.3 is 0 Å². The summed E-state index contributed by atoms with van der Waals surface area (Å²) in [5.74, 6) is 1.23. The largest absolute Gasteiger partial charge is 0.383 e. The minimum atomic E-state index is 0.466. The molecule has 1 aliphatic rings. The zero-order valence-corrected chi connectivity index (χ0v) is 10.9. The van der Waals surface area contributed by atoms with Gasteiger partial charge in [-0.25, -0.2) is 9.97 Å². The maximum absolute atomic E-state index is 5.66. The molecule has 1 aromatic rings. The van der Waals surface area contributed by atoms with E-state index >= 15 is 0 Å². The van der Waals surface area contributed by atoms with E-state index in [1.165, 1.54) is 19.2 Å². The highest BCUT2D eigenvalue weighted by atomic mass is 79.9. The van der Waals surface area contributed by atoms with Gasteiger partial charge in [-0.15, -0.1) is 0 Å². The van der Waals surface area contributed by atoms with Crippen molar-refractivity contribution in [2.75, 3.05) is 31.2 Å². The van der Waals surface area contributed by atoms with E-state index in [1.807, 2.05) is 0 Å². The molecule has 0 radical (unpaired) electrons. The van der Waals surface area contributed by atoms with Crippen molar-refractivity contribution in [3.05, 3.63) is 10.8 Å². The number of nitrogen functional groups attached to an aromatic ring is 1. The number of hydrogen-bond acceptors (Lipinski definition) is 5. The van der Waals surface area contributed by atoms with E-state index in [2.05, 4.69) is 43.2 Å². The van der Waals surface area contributed by atoms with Crippen molar-refractivity contribution >= 4 is 27.6 Å². The van der Waals surface area contributed by atoms with Crippen molar-refractivity contribution in [2.45, 2.75) is 18.9 Å². The predicted molar refractivity (Wildman–Crippen MR) is 68.3 cm³/mol. The number of nitrogens with zero attached hydrogens (tertiary/aromatic N) is 3. The van der Waals surface area contributed by atoms with Gasteiger partial charge in [0.05, 0.1) is 0 Å². The van der Waals surface area contributed by atoms with E-state index in [-0.39, 0.29) is 0 Å². The van der Waals surface area contributed by atoms with Crippen molar-refractivity contribution in [3.63, 3.8) is 0 Å². The van der Waals surface area contributed by atoms with Gasteiger partial charge in [-0.1, -0.05) is 0 Å². The average Bonchev–Trinajstić information content (AvgIpc) is 3.07. The topological polar surface area (TPSA) is 67.1 Å². The van der Waals surface area contributed by atoms with E-state index < -0.39 is 0 Å². The summed E-state index contributed by atoms with van der Waals surface area (Å²) in [6.45, 7) is 1.88. The van der Waals surface area contributed by atoms with Crippen molar-refractivity contribution in [3.8, 4) is 0 Å². The van der Waals surface area contributed by atoms with Crippen LogP contribution in [-0.2, 0) is 0 Å². The molecule has 1 heterocycles. The Kier molecular flexibility index (Phi) is 3.60. The maximum atomic E-state index is 5.66. The van der Waals surface area contributed by atoms with Crippen molar-refractivity contribution in [1.29, 1.82) is 0 Å². The molecule has 1 fully saturated rings. The Balaban J connectivity index is 1.82. The first-order valence-electron chi connectivity index (χ1n) is 5.38. The van der Waals surface area contributed by atoms with Gasteiger partial charge in [0.25, 0.3) is 0 Å². The van der Waals surface area contributed by atoms with Gasteiger partial charge < -0.3 is 16.0 Å². The quantitative estimate of drug-likeness (QED) is 0.854. The Hall–Kier alpha value is -0.880. The molecule has 5 nitrogen and oxygen atoms in total. The molecule has 6 heteroatoms. The summed E-state index contributed by atoms with van der Waals surface area (Å²) in [5.41, 5.74) is 5.66. The first kappa shape index (κ1) is 11.6. The normalized spacial score (nSPS) is 15.4. The summed E-state index contributed by atoms with van der Waals surface area (Å²) in [6.07, 6.45) is 4.13. The first-order valence-corrected chi connectivity index (χ1v) is 6.18. The third kappa shape index (κ3) is 2.82. The molecule has 1 aromatic heterocycles. The van der Waals surface area contributed by atoms with Gasteiger partial charge in [-0.3, -0.25) is 0 Å². The van der Waals surface area contributed by atoms with Crippen molar-refractivity contribution < 1.29 is 0 Å². The van der Waals surface area contributed by atoms with E-state index in [9.17, 15) is 0 Å². The van der Waals surface area contributed by atoms with Crippen LogP contribution in [0, 0.1) is 0 Å². The van der Waals surface area contributed by atoms with Gasteiger partial charge in [-0.2, -0.15) is 0 Å². The Morgan fingerprint density at radius 2 is 2.31 bits per heavy atom. The molecular weight excluding hydrogens is 270 g/mol. The van der Waals surface area contributed by atoms with Crippen LogP contribution in [-0.4, -0.2) is 41.0 Å². The van der Waals surface area contributed by atoms with Gasteiger partial charge in [0.1, 0.15) is 22.4 Å². The second kappa shape index (κ2) is 4.97. The van der Waals surface area contributed by atoms with Crippen LogP contribution in [0.4, 0.5) is 11.6 Å². The fraction of sp³-hybridized carbons (Fsp3) is 0.600. The second-order valence-corrected chi connectivity index (χ2v) is 4.85. The van der Waals surface area contributed by atoms with Crippen LogP contribution in [0.2, 0.25) is 0 Å². The molecule has 0 amide bonds. The van der Waals surface area contributed by atoms with E-state index in [0.717, 1.165) is 29.4 Å². The van der Waals surface area contributed by atoms with E-state index in [0.29, 0.717) is 5.82 Å². The minimum absolute atomic E-state index is 0.466. The average molecular weight is 286 g/mol. The van der Waals surface area contributed by atoms with Crippen molar-refractivity contribution in [1.82, 2.24) is 14.9 Å². The molecule has 1 aliphatic carbocycles. The molecule has 1 saturated carbocycles. The number of likely N-dealkylation sites (N-methyl/N-ethyl adjacent to an activating group) is 1. The lowest BCUT2D eigenvalue weighted by Crippen LogP contribution is -2.27. The van der Waals surface area contributed by atoms with Crippen molar-refractivity contribution in [2.24, 2.45) is 0 Å². The van der Waals surface area contributed by atoms with E-state index in [1.54, 1.807) is 0 Å². The van der Waals surface area contributed by atoms with Gasteiger partial charge in [0, 0.05) is 19.1 Å². The Labute approximate surface area is 104 Å². The van der Waals surface area contributed by atoms with Crippen LogP contribution in [0.5, 0.6) is 0 Å². The molecule has 0 unspecified atom stereocenters. The number of nitrogens with one attached hydrogen (secondary N) is 1. The standard InChI is InChI=1S/C10H16BrN5/c1-16(7-2-3-7)5-4-13-10-8(11)9(12)14-6-15-10/h6-7H,2-5H2,1H3,(H3,12,13,14,15). The smallest absolute Gasteiger partial charge is 0.145 e. The highest BCUT2D eigenvalue weighted by Crippen LogP contribution is 2.25. The molecule has 0 spiro atoms. The molecule has 3 N–H and O–H groups in total. The fourth-order valence-corrected chi connectivity index (χ4v) is 1.90. The minimum Gasteiger partial charge on any atom is -0.383 e. The van der Waals surface area contributed by atoms with Crippen LogP contribution in [0.25, 0.3) is 0 Å². The Morgan fingerprint density at radius 1 is 1.56 bits per heavy atom. The third-order valence-corrected chi connectivity index (χ3v) is 3.53. The van der Waals surface area contributed by atoms with Crippen LogP contribution in [0.15, 0.2) is 10.8 Å². The van der Waals surface area contributed by atoms with Gasteiger partial charge in [0.15, 0.2) is 0 Å². The summed E-state index contributed by atoms with van der Waals surface area (Å²) in [5, 5.41) is 3.25. The van der Waals surface area contributed by atoms with Gasteiger partial charge in [0.2, 0.25) is 0 Å². The molecule has 0 bridgehead atoms. The number of aromatic nitrogens is 2. The molecule has 2 rings (SSSR count). The number of anilines is 2. The summed E-state index contributed by atoms with van der Waals surface area (Å²) in [7, 11) is 2.16. The number of rotatable bonds is 5. The molecule has 16 heavy (non-hydrogen) atoms. The SMILES string of the molecule is CN(CCNc1ncnc(N)c1Br)C1CC1. The van der Waals surface area contributed by atoms with Crippen LogP contribution in [0.3, 0.4) is 0 Å². The highest BCUT2D eigenvalue weighted by molar-refractivity contribution is 9.10. The first-order chi connectivity index (χ1) is 7.68. The summed E-state index contributed by atoms with van der Waals surface area (Å²) in [4.78, 5) is 10.4. The monoisotopic (exact) mass is 285 g/mol. The lowest BCUT2D eigenvalue weighted by Gasteiger charge is -2.16. The predicted octanol–water partition coefficient (Wildman–Crippen LogP) is 1.33. The van der Waals surface area contributed by atoms with Crippen LogP contribution >= 0.6 is 15.9 Å². The molecule has 88 valence electrons. The van der Waals surface area contributed by atoms with Crippen LogP contribution in [0.1, 0.15) is 12.8 Å². The van der Waals surface area contributed by atoms with Crippen LogP contribution < -0.4 is 11.1 Å².